The molecule has 0 aromatic rings. The molecule has 2 fully saturated rings. The van der Waals surface area contributed by atoms with E-state index in [1.54, 1.807) is 0 Å². The molecule has 1 heterocycles. The van der Waals surface area contributed by atoms with Crippen molar-refractivity contribution in [1.29, 1.82) is 0 Å². The lowest BCUT2D eigenvalue weighted by Gasteiger charge is -2.34. The first kappa shape index (κ1) is 14.3. The van der Waals surface area contributed by atoms with Crippen molar-refractivity contribution in [1.82, 2.24) is 10.2 Å². The zero-order valence-electron chi connectivity index (χ0n) is 11.9. The number of amides is 2. The van der Waals surface area contributed by atoms with E-state index in [0.717, 1.165) is 25.7 Å². The number of likely N-dealkylation sites (tertiary alicyclic amines) is 1. The summed E-state index contributed by atoms with van der Waals surface area (Å²) >= 11 is 0. The summed E-state index contributed by atoms with van der Waals surface area (Å²) in [6.45, 7) is 5.33. The van der Waals surface area contributed by atoms with Crippen molar-refractivity contribution < 1.29 is 9.59 Å². The van der Waals surface area contributed by atoms with E-state index in [1.807, 2.05) is 18.7 Å². The molecule has 5 heteroatoms. The minimum atomic E-state index is -0.405. The number of nitrogens with two attached hydrogens (primary N) is 1. The van der Waals surface area contributed by atoms with Gasteiger partial charge in [-0.2, -0.15) is 0 Å². The molecular weight excluding hydrogens is 242 g/mol. The molecule has 2 amide bonds. The van der Waals surface area contributed by atoms with Crippen LogP contribution in [-0.2, 0) is 9.59 Å². The second kappa shape index (κ2) is 5.90. The van der Waals surface area contributed by atoms with E-state index in [4.69, 9.17) is 5.73 Å². The minimum absolute atomic E-state index is 0.0435. The Balaban J connectivity index is 1.75. The van der Waals surface area contributed by atoms with Crippen molar-refractivity contribution >= 4 is 11.8 Å². The van der Waals surface area contributed by atoms with Gasteiger partial charge in [0.05, 0.1) is 6.04 Å². The van der Waals surface area contributed by atoms with Crippen molar-refractivity contribution in [2.45, 2.75) is 51.6 Å². The van der Waals surface area contributed by atoms with Gasteiger partial charge in [-0.25, -0.2) is 0 Å². The van der Waals surface area contributed by atoms with E-state index in [-0.39, 0.29) is 29.7 Å². The van der Waals surface area contributed by atoms with Crippen LogP contribution in [0.5, 0.6) is 0 Å². The summed E-state index contributed by atoms with van der Waals surface area (Å²) in [4.78, 5) is 25.6. The quantitative estimate of drug-likeness (QED) is 0.778. The number of hydrogen-bond donors (Lipinski definition) is 2. The number of piperidine rings is 1. The van der Waals surface area contributed by atoms with E-state index in [1.165, 1.54) is 0 Å². The highest BCUT2D eigenvalue weighted by molar-refractivity contribution is 5.82. The highest BCUT2D eigenvalue weighted by Gasteiger charge is 2.33. The standard InChI is InChI=1S/C14H25N3O2/c1-9(2)12(15)14(19)17-7-5-11(6-8-17)16-13(18)10-3-4-10/h9-12H,3-8,15H2,1-2H3,(H,16,18)/t12-/m0/s1. The molecule has 0 unspecified atom stereocenters. The smallest absolute Gasteiger partial charge is 0.239 e. The van der Waals surface area contributed by atoms with Crippen LogP contribution in [0.2, 0.25) is 0 Å². The summed E-state index contributed by atoms with van der Waals surface area (Å²) in [5.41, 5.74) is 5.89. The highest BCUT2D eigenvalue weighted by Crippen LogP contribution is 2.29. The van der Waals surface area contributed by atoms with Crippen LogP contribution < -0.4 is 11.1 Å². The fourth-order valence-corrected chi connectivity index (χ4v) is 2.40. The lowest BCUT2D eigenvalue weighted by Crippen LogP contribution is -2.52. The van der Waals surface area contributed by atoms with Crippen LogP contribution in [-0.4, -0.2) is 41.9 Å². The van der Waals surface area contributed by atoms with E-state index in [2.05, 4.69) is 5.32 Å². The van der Waals surface area contributed by atoms with Crippen molar-refractivity contribution in [2.24, 2.45) is 17.6 Å². The van der Waals surface area contributed by atoms with Gasteiger partial charge in [0.1, 0.15) is 0 Å². The first-order valence-corrected chi connectivity index (χ1v) is 7.33. The predicted octanol–water partition coefficient (Wildman–Crippen LogP) is 0.487. The third-order valence-corrected chi connectivity index (χ3v) is 4.10. The summed E-state index contributed by atoms with van der Waals surface area (Å²) in [7, 11) is 0. The van der Waals surface area contributed by atoms with Gasteiger partial charge in [-0.1, -0.05) is 13.8 Å². The second-order valence-corrected chi connectivity index (χ2v) is 6.15. The van der Waals surface area contributed by atoms with Crippen molar-refractivity contribution in [3.63, 3.8) is 0 Å². The largest absolute Gasteiger partial charge is 0.353 e. The van der Waals surface area contributed by atoms with E-state index in [9.17, 15) is 9.59 Å². The van der Waals surface area contributed by atoms with E-state index < -0.39 is 6.04 Å². The summed E-state index contributed by atoms with van der Waals surface area (Å²) < 4.78 is 0. The Labute approximate surface area is 114 Å². The van der Waals surface area contributed by atoms with Crippen LogP contribution in [0.15, 0.2) is 0 Å². The Kier molecular flexibility index (Phi) is 4.45. The summed E-state index contributed by atoms with van der Waals surface area (Å²) in [5.74, 6) is 0.666. The molecule has 0 spiro atoms. The molecule has 19 heavy (non-hydrogen) atoms. The van der Waals surface area contributed by atoms with Gasteiger partial charge in [0.25, 0.3) is 0 Å². The van der Waals surface area contributed by atoms with Gasteiger partial charge in [-0.15, -0.1) is 0 Å². The third kappa shape index (κ3) is 3.69. The minimum Gasteiger partial charge on any atom is -0.353 e. The summed E-state index contributed by atoms with van der Waals surface area (Å²) in [6, 6.07) is -0.176. The van der Waals surface area contributed by atoms with Gasteiger partial charge < -0.3 is 16.0 Å². The summed E-state index contributed by atoms with van der Waals surface area (Å²) in [5, 5.41) is 3.08. The Morgan fingerprint density at radius 2 is 1.74 bits per heavy atom. The van der Waals surface area contributed by atoms with Crippen LogP contribution in [0.3, 0.4) is 0 Å². The maximum absolute atomic E-state index is 12.1. The van der Waals surface area contributed by atoms with Gasteiger partial charge in [0, 0.05) is 25.0 Å². The molecule has 1 saturated heterocycles. The van der Waals surface area contributed by atoms with Gasteiger partial charge in [0.15, 0.2) is 0 Å². The second-order valence-electron chi connectivity index (χ2n) is 6.15. The van der Waals surface area contributed by atoms with Crippen LogP contribution in [0.1, 0.15) is 39.5 Å². The van der Waals surface area contributed by atoms with E-state index in [0.29, 0.717) is 13.1 Å². The van der Waals surface area contributed by atoms with Gasteiger partial charge in [-0.05, 0) is 31.6 Å². The molecule has 1 saturated carbocycles. The van der Waals surface area contributed by atoms with Gasteiger partial charge in [-0.3, -0.25) is 9.59 Å². The molecule has 108 valence electrons. The van der Waals surface area contributed by atoms with Crippen molar-refractivity contribution in [3.8, 4) is 0 Å². The van der Waals surface area contributed by atoms with Crippen LogP contribution >= 0.6 is 0 Å². The first-order chi connectivity index (χ1) is 8.99. The Hall–Kier alpha value is -1.10. The number of nitrogens with zero attached hydrogens (tertiary/aromatic N) is 1. The topological polar surface area (TPSA) is 75.4 Å². The van der Waals surface area contributed by atoms with Crippen LogP contribution in [0.4, 0.5) is 0 Å². The van der Waals surface area contributed by atoms with Crippen molar-refractivity contribution in [2.75, 3.05) is 13.1 Å². The molecule has 0 radical (unpaired) electrons. The lowest BCUT2D eigenvalue weighted by molar-refractivity contribution is -0.134. The number of hydrogen-bond acceptors (Lipinski definition) is 3. The molecule has 2 aliphatic rings. The monoisotopic (exact) mass is 267 g/mol. The first-order valence-electron chi connectivity index (χ1n) is 7.33. The van der Waals surface area contributed by atoms with Crippen LogP contribution in [0.25, 0.3) is 0 Å². The number of carbonyl (C=O) groups is 2. The predicted molar refractivity (Wildman–Crippen MR) is 73.3 cm³/mol. The number of nitrogens with one attached hydrogen (secondary N) is 1. The summed E-state index contributed by atoms with van der Waals surface area (Å²) in [6.07, 6.45) is 3.75. The molecule has 3 N–H and O–H groups in total. The van der Waals surface area contributed by atoms with Gasteiger partial charge >= 0.3 is 0 Å². The molecule has 2 rings (SSSR count). The normalized spacial score (nSPS) is 22.4. The fraction of sp³-hybridized carbons (Fsp3) is 0.857. The highest BCUT2D eigenvalue weighted by atomic mass is 16.2. The number of rotatable bonds is 4. The molecule has 1 aliphatic heterocycles. The van der Waals surface area contributed by atoms with E-state index >= 15 is 0 Å². The average molecular weight is 267 g/mol. The lowest BCUT2D eigenvalue weighted by atomic mass is 10.0. The van der Waals surface area contributed by atoms with Crippen molar-refractivity contribution in [3.05, 3.63) is 0 Å². The molecule has 0 aromatic carbocycles. The Bertz CT molecular complexity index is 345. The molecule has 0 aromatic heterocycles. The maximum Gasteiger partial charge on any atom is 0.239 e. The zero-order chi connectivity index (χ0) is 14.0. The third-order valence-electron chi connectivity index (χ3n) is 4.10. The molecule has 1 atom stereocenters. The SMILES string of the molecule is CC(C)[C@H](N)C(=O)N1CCC(NC(=O)C2CC2)CC1. The molecule has 5 nitrogen and oxygen atoms in total. The molecule has 0 bridgehead atoms. The maximum atomic E-state index is 12.1. The fourth-order valence-electron chi connectivity index (χ4n) is 2.40. The Morgan fingerprint density at radius 1 is 1.16 bits per heavy atom. The average Bonchev–Trinajstić information content (AvgIpc) is 3.22. The Morgan fingerprint density at radius 3 is 2.21 bits per heavy atom. The zero-order valence-corrected chi connectivity index (χ0v) is 11.9. The number of carbonyl (C=O) groups excluding carboxylic acids is 2. The van der Waals surface area contributed by atoms with Crippen LogP contribution in [0, 0.1) is 11.8 Å². The molecular formula is C14H25N3O2. The van der Waals surface area contributed by atoms with Gasteiger partial charge in [0.2, 0.25) is 11.8 Å². The molecule has 1 aliphatic carbocycles.